The number of amides is 2. The van der Waals surface area contributed by atoms with E-state index in [-0.39, 0.29) is 19.6 Å². The van der Waals surface area contributed by atoms with E-state index in [1.54, 1.807) is 24.3 Å². The Balaban J connectivity index is 1.67. The second kappa shape index (κ2) is 5.42. The van der Waals surface area contributed by atoms with Crippen molar-refractivity contribution < 1.29 is 23.1 Å². The van der Waals surface area contributed by atoms with Crippen LogP contribution in [-0.4, -0.2) is 45.6 Å². The molecule has 3 rings (SSSR count). The SMILES string of the molecule is O=CN1CCC2(S1)N(C(=O)OCc1ccccc1)CC2(F)F. The van der Waals surface area contributed by atoms with E-state index in [2.05, 4.69) is 0 Å². The molecule has 2 aliphatic rings. The van der Waals surface area contributed by atoms with Gasteiger partial charge in [0.05, 0.1) is 6.54 Å². The molecule has 2 saturated heterocycles. The lowest BCUT2D eigenvalue weighted by Crippen LogP contribution is -2.74. The van der Waals surface area contributed by atoms with Gasteiger partial charge in [0.15, 0.2) is 4.87 Å². The highest BCUT2D eigenvalue weighted by atomic mass is 32.2. The molecule has 2 aliphatic heterocycles. The quantitative estimate of drug-likeness (QED) is 0.632. The summed E-state index contributed by atoms with van der Waals surface area (Å²) in [4.78, 5) is 22.2. The van der Waals surface area contributed by atoms with Crippen LogP contribution in [0.25, 0.3) is 0 Å². The fourth-order valence-corrected chi connectivity index (χ4v) is 3.85. The van der Waals surface area contributed by atoms with Gasteiger partial charge < -0.3 is 4.74 Å². The number of hydrogen-bond donors (Lipinski definition) is 0. The van der Waals surface area contributed by atoms with Crippen LogP contribution in [0.5, 0.6) is 0 Å². The number of ether oxygens (including phenoxy) is 1. The number of likely N-dealkylation sites (tertiary alicyclic amines) is 1. The molecule has 0 aromatic heterocycles. The molecule has 0 N–H and O–H groups in total. The fraction of sp³-hybridized carbons (Fsp3) is 0.429. The Morgan fingerprint density at radius 2 is 2.09 bits per heavy atom. The van der Waals surface area contributed by atoms with Crippen LogP contribution in [0.15, 0.2) is 30.3 Å². The van der Waals surface area contributed by atoms with Crippen molar-refractivity contribution in [3.8, 4) is 0 Å². The lowest BCUT2D eigenvalue weighted by molar-refractivity contribution is -0.187. The predicted octanol–water partition coefficient (Wildman–Crippen LogP) is 2.48. The van der Waals surface area contributed by atoms with Gasteiger partial charge in [0.2, 0.25) is 6.41 Å². The third kappa shape index (κ3) is 2.31. The Labute approximate surface area is 130 Å². The molecule has 0 aliphatic carbocycles. The first-order chi connectivity index (χ1) is 10.5. The molecule has 1 atom stereocenters. The van der Waals surface area contributed by atoms with Crippen LogP contribution in [-0.2, 0) is 16.1 Å². The van der Waals surface area contributed by atoms with Crippen molar-refractivity contribution in [2.24, 2.45) is 0 Å². The van der Waals surface area contributed by atoms with Gasteiger partial charge >= 0.3 is 6.09 Å². The monoisotopic (exact) mass is 328 g/mol. The maximum Gasteiger partial charge on any atom is 0.411 e. The topological polar surface area (TPSA) is 49.9 Å². The molecule has 1 aromatic carbocycles. The first-order valence-corrected chi connectivity index (χ1v) is 7.53. The highest BCUT2D eigenvalue weighted by molar-refractivity contribution is 7.99. The molecule has 8 heteroatoms. The van der Waals surface area contributed by atoms with Crippen molar-refractivity contribution in [1.82, 2.24) is 9.21 Å². The predicted molar refractivity (Wildman–Crippen MR) is 76.0 cm³/mol. The third-order valence-corrected chi connectivity index (χ3v) is 5.37. The van der Waals surface area contributed by atoms with Gasteiger partial charge in [-0.1, -0.05) is 30.3 Å². The van der Waals surface area contributed by atoms with Gasteiger partial charge in [-0.3, -0.25) is 14.0 Å². The van der Waals surface area contributed by atoms with E-state index in [0.29, 0.717) is 18.4 Å². The number of rotatable bonds is 3. The lowest BCUT2D eigenvalue weighted by atomic mass is 9.94. The lowest BCUT2D eigenvalue weighted by Gasteiger charge is -2.53. The summed E-state index contributed by atoms with van der Waals surface area (Å²) >= 11 is 0.705. The summed E-state index contributed by atoms with van der Waals surface area (Å²) in [5.74, 6) is -3.03. The standard InChI is InChI=1S/C14H14F2N2O3S/c15-13(16)9-18(14(13)6-7-17(10-19)22-14)12(20)21-8-11-4-2-1-3-5-11/h1-5,10H,6-9H2. The van der Waals surface area contributed by atoms with Gasteiger partial charge in [-0.05, 0) is 17.5 Å². The Morgan fingerprint density at radius 3 is 2.68 bits per heavy atom. The largest absolute Gasteiger partial charge is 0.445 e. The van der Waals surface area contributed by atoms with Crippen LogP contribution in [0.3, 0.4) is 0 Å². The summed E-state index contributed by atoms with van der Waals surface area (Å²) in [7, 11) is 0. The van der Waals surface area contributed by atoms with E-state index in [1.807, 2.05) is 6.07 Å². The number of benzene rings is 1. The van der Waals surface area contributed by atoms with Crippen molar-refractivity contribution in [1.29, 1.82) is 0 Å². The first-order valence-electron chi connectivity index (χ1n) is 6.76. The van der Waals surface area contributed by atoms with Gasteiger partial charge in [0.25, 0.3) is 5.92 Å². The van der Waals surface area contributed by atoms with Gasteiger partial charge in [-0.2, -0.15) is 0 Å². The Kier molecular flexibility index (Phi) is 3.72. The van der Waals surface area contributed by atoms with Crippen LogP contribution in [0.2, 0.25) is 0 Å². The highest BCUT2D eigenvalue weighted by Crippen LogP contribution is 2.58. The van der Waals surface area contributed by atoms with Gasteiger partial charge in [-0.15, -0.1) is 0 Å². The Hall–Kier alpha value is -1.83. The van der Waals surface area contributed by atoms with Crippen molar-refractivity contribution in [2.45, 2.75) is 23.8 Å². The summed E-state index contributed by atoms with van der Waals surface area (Å²) in [6.45, 7) is -0.466. The minimum absolute atomic E-state index is 0.0277. The minimum atomic E-state index is -3.03. The van der Waals surface area contributed by atoms with Crippen LogP contribution in [0.4, 0.5) is 13.6 Å². The normalized spacial score (nSPS) is 25.9. The number of halogens is 2. The summed E-state index contributed by atoms with van der Waals surface area (Å²) < 4.78 is 34.2. The zero-order chi connectivity index (χ0) is 15.8. The van der Waals surface area contributed by atoms with E-state index in [4.69, 9.17) is 4.74 Å². The zero-order valence-electron chi connectivity index (χ0n) is 11.6. The van der Waals surface area contributed by atoms with Crippen LogP contribution in [0.1, 0.15) is 12.0 Å². The molecule has 0 radical (unpaired) electrons. The number of carbonyl (C=O) groups is 2. The number of nitrogens with zero attached hydrogens (tertiary/aromatic N) is 2. The molecule has 2 heterocycles. The second-order valence-electron chi connectivity index (χ2n) is 5.20. The molecule has 22 heavy (non-hydrogen) atoms. The summed E-state index contributed by atoms with van der Waals surface area (Å²) in [5.41, 5.74) is 0.783. The zero-order valence-corrected chi connectivity index (χ0v) is 12.4. The summed E-state index contributed by atoms with van der Waals surface area (Å²) in [6, 6.07) is 9.01. The van der Waals surface area contributed by atoms with Crippen molar-refractivity contribution >= 4 is 24.5 Å². The summed E-state index contributed by atoms with van der Waals surface area (Å²) in [6.07, 6.45) is -0.250. The highest BCUT2D eigenvalue weighted by Gasteiger charge is 2.72. The van der Waals surface area contributed by atoms with Gasteiger partial charge in [-0.25, -0.2) is 13.6 Å². The van der Waals surface area contributed by atoms with E-state index in [0.717, 1.165) is 10.5 Å². The summed E-state index contributed by atoms with van der Waals surface area (Å²) in [5, 5.41) is 0. The number of hydrogen-bond acceptors (Lipinski definition) is 4. The average molecular weight is 328 g/mol. The first kappa shape index (κ1) is 15.1. The molecule has 0 bridgehead atoms. The van der Waals surface area contributed by atoms with Crippen LogP contribution in [0, 0.1) is 0 Å². The molecule has 1 spiro atoms. The molecule has 2 amide bonds. The number of alkyl halides is 2. The fourth-order valence-electron chi connectivity index (χ4n) is 2.62. The van der Waals surface area contributed by atoms with E-state index in [9.17, 15) is 18.4 Å². The van der Waals surface area contributed by atoms with Crippen LogP contribution < -0.4 is 0 Å². The Bertz CT molecular complexity index is 587. The second-order valence-corrected chi connectivity index (χ2v) is 6.53. The Morgan fingerprint density at radius 1 is 1.36 bits per heavy atom. The van der Waals surface area contributed by atoms with Crippen molar-refractivity contribution in [3.63, 3.8) is 0 Å². The van der Waals surface area contributed by atoms with Crippen molar-refractivity contribution in [3.05, 3.63) is 35.9 Å². The average Bonchev–Trinajstić information content (AvgIpc) is 2.99. The van der Waals surface area contributed by atoms with Gasteiger partial charge in [0, 0.05) is 13.0 Å². The maximum atomic E-state index is 14.0. The molecule has 118 valence electrons. The molecule has 5 nitrogen and oxygen atoms in total. The van der Waals surface area contributed by atoms with E-state index in [1.165, 1.54) is 4.31 Å². The minimum Gasteiger partial charge on any atom is -0.445 e. The number of carbonyl (C=O) groups excluding carboxylic acids is 2. The third-order valence-electron chi connectivity index (χ3n) is 3.85. The maximum absolute atomic E-state index is 14.0. The molecule has 1 aromatic rings. The van der Waals surface area contributed by atoms with Crippen LogP contribution >= 0.6 is 11.9 Å². The molecule has 2 fully saturated rings. The molecular weight excluding hydrogens is 314 g/mol. The molecule has 0 saturated carbocycles. The molecule has 1 unspecified atom stereocenters. The van der Waals surface area contributed by atoms with E-state index >= 15 is 0 Å². The van der Waals surface area contributed by atoms with Gasteiger partial charge in [0.1, 0.15) is 6.61 Å². The van der Waals surface area contributed by atoms with E-state index < -0.39 is 23.4 Å². The molecular formula is C14H14F2N2O3S. The van der Waals surface area contributed by atoms with Crippen molar-refractivity contribution in [2.75, 3.05) is 13.1 Å². The smallest absolute Gasteiger partial charge is 0.411 e.